The lowest BCUT2D eigenvalue weighted by atomic mass is 9.96. The van der Waals surface area contributed by atoms with E-state index >= 15 is 0 Å². The summed E-state index contributed by atoms with van der Waals surface area (Å²) in [5.74, 6) is 0.199. The molecule has 2 aromatic carbocycles. The highest BCUT2D eigenvalue weighted by molar-refractivity contribution is 5.79. The summed E-state index contributed by atoms with van der Waals surface area (Å²) in [6.45, 7) is 4.24. The maximum Gasteiger partial charge on any atom is 0.298 e. The molecule has 4 rings (SSSR count). The lowest BCUT2D eigenvalue weighted by molar-refractivity contribution is -0.125. The Bertz CT molecular complexity index is 877. The van der Waals surface area contributed by atoms with Gasteiger partial charge in [-0.05, 0) is 43.0 Å². The average Bonchev–Trinajstić information content (AvgIpc) is 3.11. The van der Waals surface area contributed by atoms with E-state index in [4.69, 9.17) is 4.42 Å². The molecule has 0 atom stereocenters. The fraction of sp³-hybridized carbons (Fsp3) is 0.333. The SMILES string of the molecule is Cc1ccccc1CNC(=O)C1CCN(c2nc3ccccc3o2)CC1. The number of amides is 1. The Morgan fingerprint density at radius 2 is 1.88 bits per heavy atom. The number of carbonyl (C=O) groups excluding carboxylic acids is 1. The van der Waals surface area contributed by atoms with Crippen LogP contribution in [-0.2, 0) is 11.3 Å². The third kappa shape index (κ3) is 3.43. The van der Waals surface area contributed by atoms with Crippen molar-refractivity contribution in [3.63, 3.8) is 0 Å². The maximum absolute atomic E-state index is 12.5. The third-order valence-electron chi connectivity index (χ3n) is 5.13. The summed E-state index contributed by atoms with van der Waals surface area (Å²) >= 11 is 0. The molecule has 0 radical (unpaired) electrons. The van der Waals surface area contributed by atoms with Crippen LogP contribution < -0.4 is 10.2 Å². The fourth-order valence-corrected chi connectivity index (χ4v) is 3.46. The van der Waals surface area contributed by atoms with Gasteiger partial charge in [0.15, 0.2) is 5.58 Å². The number of aryl methyl sites for hydroxylation is 1. The number of benzene rings is 2. The van der Waals surface area contributed by atoms with E-state index in [1.54, 1.807) is 0 Å². The molecule has 134 valence electrons. The van der Waals surface area contributed by atoms with Crippen molar-refractivity contribution in [2.24, 2.45) is 5.92 Å². The van der Waals surface area contributed by atoms with Crippen molar-refractivity contribution in [2.45, 2.75) is 26.3 Å². The number of para-hydroxylation sites is 2. The summed E-state index contributed by atoms with van der Waals surface area (Å²) in [7, 11) is 0. The number of nitrogens with one attached hydrogen (secondary N) is 1. The topological polar surface area (TPSA) is 58.4 Å². The molecule has 3 aromatic rings. The first-order chi connectivity index (χ1) is 12.7. The minimum Gasteiger partial charge on any atom is -0.423 e. The number of oxazole rings is 1. The molecule has 2 heterocycles. The highest BCUT2D eigenvalue weighted by atomic mass is 16.4. The van der Waals surface area contributed by atoms with E-state index in [1.165, 1.54) is 11.1 Å². The van der Waals surface area contributed by atoms with Crippen LogP contribution in [0, 0.1) is 12.8 Å². The smallest absolute Gasteiger partial charge is 0.298 e. The normalized spacial score (nSPS) is 15.3. The van der Waals surface area contributed by atoms with E-state index < -0.39 is 0 Å². The second-order valence-corrected chi connectivity index (χ2v) is 6.87. The molecule has 1 amide bonds. The van der Waals surface area contributed by atoms with Crippen molar-refractivity contribution < 1.29 is 9.21 Å². The van der Waals surface area contributed by atoms with E-state index in [0.29, 0.717) is 12.6 Å². The van der Waals surface area contributed by atoms with Gasteiger partial charge in [-0.25, -0.2) is 0 Å². The van der Waals surface area contributed by atoms with Crippen LogP contribution >= 0.6 is 0 Å². The number of nitrogens with zero attached hydrogens (tertiary/aromatic N) is 2. The number of hydrogen-bond donors (Lipinski definition) is 1. The second-order valence-electron chi connectivity index (χ2n) is 6.87. The Hall–Kier alpha value is -2.82. The molecule has 5 heteroatoms. The molecular weight excluding hydrogens is 326 g/mol. The maximum atomic E-state index is 12.5. The van der Waals surface area contributed by atoms with Crippen LogP contribution in [0.15, 0.2) is 52.9 Å². The van der Waals surface area contributed by atoms with Gasteiger partial charge in [0.1, 0.15) is 5.52 Å². The third-order valence-corrected chi connectivity index (χ3v) is 5.13. The van der Waals surface area contributed by atoms with Crippen LogP contribution in [0.4, 0.5) is 6.01 Å². The molecule has 0 spiro atoms. The van der Waals surface area contributed by atoms with Crippen molar-refractivity contribution in [3.05, 3.63) is 59.7 Å². The Kier molecular flexibility index (Phi) is 4.61. The van der Waals surface area contributed by atoms with Crippen LogP contribution in [0.25, 0.3) is 11.1 Å². The van der Waals surface area contributed by atoms with E-state index in [2.05, 4.69) is 34.3 Å². The van der Waals surface area contributed by atoms with E-state index in [0.717, 1.165) is 37.0 Å². The molecule has 1 aliphatic heterocycles. The van der Waals surface area contributed by atoms with Crippen molar-refractivity contribution in [2.75, 3.05) is 18.0 Å². The Morgan fingerprint density at radius 3 is 2.65 bits per heavy atom. The van der Waals surface area contributed by atoms with Gasteiger partial charge in [-0.2, -0.15) is 4.98 Å². The van der Waals surface area contributed by atoms with Crippen molar-refractivity contribution in [1.82, 2.24) is 10.3 Å². The monoisotopic (exact) mass is 349 g/mol. The standard InChI is InChI=1S/C21H23N3O2/c1-15-6-2-3-7-17(15)14-22-20(25)16-10-12-24(13-11-16)21-23-18-8-4-5-9-19(18)26-21/h2-9,16H,10-14H2,1H3,(H,22,25). The summed E-state index contributed by atoms with van der Waals surface area (Å²) in [5.41, 5.74) is 4.06. The fourth-order valence-electron chi connectivity index (χ4n) is 3.46. The van der Waals surface area contributed by atoms with Crippen LogP contribution in [0.2, 0.25) is 0 Å². The van der Waals surface area contributed by atoms with Crippen molar-refractivity contribution in [3.8, 4) is 0 Å². The van der Waals surface area contributed by atoms with Crippen LogP contribution in [0.1, 0.15) is 24.0 Å². The van der Waals surface area contributed by atoms with E-state index in [9.17, 15) is 4.79 Å². The molecule has 0 aliphatic carbocycles. The Balaban J connectivity index is 1.33. The predicted octanol–water partition coefficient (Wildman–Crippen LogP) is 3.67. The van der Waals surface area contributed by atoms with Crippen LogP contribution in [-0.4, -0.2) is 24.0 Å². The van der Waals surface area contributed by atoms with Gasteiger partial charge in [0.05, 0.1) is 0 Å². The molecule has 1 aliphatic rings. The molecular formula is C21H23N3O2. The molecule has 5 nitrogen and oxygen atoms in total. The van der Waals surface area contributed by atoms with Gasteiger partial charge in [0.25, 0.3) is 6.01 Å². The number of anilines is 1. The van der Waals surface area contributed by atoms with E-state index in [-0.39, 0.29) is 11.8 Å². The first kappa shape index (κ1) is 16.6. The Labute approximate surface area is 153 Å². The first-order valence-corrected chi connectivity index (χ1v) is 9.13. The lowest BCUT2D eigenvalue weighted by Gasteiger charge is -2.30. The summed E-state index contributed by atoms with van der Waals surface area (Å²) in [4.78, 5) is 19.2. The van der Waals surface area contributed by atoms with Crippen molar-refractivity contribution >= 4 is 23.0 Å². The summed E-state index contributed by atoms with van der Waals surface area (Å²) < 4.78 is 5.84. The first-order valence-electron chi connectivity index (χ1n) is 9.13. The molecule has 0 bridgehead atoms. The highest BCUT2D eigenvalue weighted by Crippen LogP contribution is 2.26. The van der Waals surface area contributed by atoms with Gasteiger partial charge in [0, 0.05) is 25.6 Å². The minimum absolute atomic E-state index is 0.0552. The number of rotatable bonds is 4. The molecule has 1 N–H and O–H groups in total. The van der Waals surface area contributed by atoms with E-state index in [1.807, 2.05) is 36.4 Å². The quantitative estimate of drug-likeness (QED) is 0.781. The Morgan fingerprint density at radius 1 is 1.15 bits per heavy atom. The molecule has 1 aromatic heterocycles. The highest BCUT2D eigenvalue weighted by Gasteiger charge is 2.27. The van der Waals surface area contributed by atoms with Gasteiger partial charge < -0.3 is 14.6 Å². The van der Waals surface area contributed by atoms with Crippen LogP contribution in [0.3, 0.4) is 0 Å². The molecule has 0 unspecified atom stereocenters. The molecule has 26 heavy (non-hydrogen) atoms. The number of fused-ring (bicyclic) bond motifs is 1. The number of hydrogen-bond acceptors (Lipinski definition) is 4. The van der Waals surface area contributed by atoms with Gasteiger partial charge >= 0.3 is 0 Å². The summed E-state index contributed by atoms with van der Waals surface area (Å²) in [5, 5.41) is 3.09. The zero-order chi connectivity index (χ0) is 17.9. The second kappa shape index (κ2) is 7.20. The summed E-state index contributed by atoms with van der Waals surface area (Å²) in [6, 6.07) is 16.6. The average molecular weight is 349 g/mol. The lowest BCUT2D eigenvalue weighted by Crippen LogP contribution is -2.40. The zero-order valence-corrected chi connectivity index (χ0v) is 14.9. The minimum atomic E-state index is 0.0552. The molecule has 0 saturated carbocycles. The largest absolute Gasteiger partial charge is 0.423 e. The van der Waals surface area contributed by atoms with Crippen LogP contribution in [0.5, 0.6) is 0 Å². The summed E-state index contributed by atoms with van der Waals surface area (Å²) in [6.07, 6.45) is 1.64. The van der Waals surface area contributed by atoms with Crippen molar-refractivity contribution in [1.29, 1.82) is 0 Å². The van der Waals surface area contributed by atoms with Gasteiger partial charge in [-0.3, -0.25) is 4.79 Å². The van der Waals surface area contributed by atoms with Gasteiger partial charge in [-0.1, -0.05) is 36.4 Å². The predicted molar refractivity (Wildman–Crippen MR) is 102 cm³/mol. The van der Waals surface area contributed by atoms with Gasteiger partial charge in [-0.15, -0.1) is 0 Å². The molecule has 1 fully saturated rings. The number of carbonyl (C=O) groups is 1. The number of piperidine rings is 1. The zero-order valence-electron chi connectivity index (χ0n) is 14.9. The van der Waals surface area contributed by atoms with Gasteiger partial charge in [0.2, 0.25) is 5.91 Å². The molecule has 1 saturated heterocycles. The number of aromatic nitrogens is 1.